The van der Waals surface area contributed by atoms with Crippen molar-refractivity contribution < 1.29 is 24.0 Å². The van der Waals surface area contributed by atoms with Gasteiger partial charge in [0, 0.05) is 17.2 Å². The lowest BCUT2D eigenvalue weighted by Crippen LogP contribution is -2.39. The first-order chi connectivity index (χ1) is 18.6. The lowest BCUT2D eigenvalue weighted by atomic mass is 9.98. The first kappa shape index (κ1) is 26.5. The summed E-state index contributed by atoms with van der Waals surface area (Å²) in [5.41, 5.74) is 2.08. The molecule has 1 aliphatic heterocycles. The van der Waals surface area contributed by atoms with Gasteiger partial charge in [0.2, 0.25) is 0 Å². The molecule has 8 nitrogen and oxygen atoms in total. The van der Waals surface area contributed by atoms with E-state index in [0.717, 1.165) is 10.5 Å². The lowest BCUT2D eigenvalue weighted by molar-refractivity contribution is -0.577. The van der Waals surface area contributed by atoms with E-state index < -0.39 is 17.7 Å². The number of carbonyl (C=O) groups excluding carboxylic acids is 2. The van der Waals surface area contributed by atoms with Crippen LogP contribution in [0, 0.1) is 6.92 Å². The van der Waals surface area contributed by atoms with Gasteiger partial charge in [0.25, 0.3) is 11.6 Å². The number of benzene rings is 2. The zero-order valence-corrected chi connectivity index (χ0v) is 23.1. The Kier molecular flexibility index (Phi) is 6.92. The Morgan fingerprint density at radius 1 is 0.974 bits per heavy atom. The van der Waals surface area contributed by atoms with Crippen molar-refractivity contribution in [1.82, 2.24) is 9.78 Å². The Morgan fingerprint density at radius 2 is 1.67 bits per heavy atom. The number of hydrogen-bond acceptors (Lipinski definition) is 5. The molecule has 0 saturated heterocycles. The van der Waals surface area contributed by atoms with Crippen molar-refractivity contribution in [3.8, 4) is 17.3 Å². The minimum absolute atomic E-state index is 0.0218. The lowest BCUT2D eigenvalue weighted by Gasteiger charge is -2.16. The van der Waals surface area contributed by atoms with Gasteiger partial charge in [-0.15, -0.1) is 0 Å². The van der Waals surface area contributed by atoms with Crippen molar-refractivity contribution in [2.45, 2.75) is 26.7 Å². The molecule has 1 aliphatic rings. The SMILES string of the molecule is COc1ccc(N2C(=O)C(c3c(C(C)C)nn(-c4ccc(Cl)c(Cl)c4)c3[O-])=C([n+]3cccc(C)c3)C2=O)cc1. The predicted molar refractivity (Wildman–Crippen MR) is 147 cm³/mol. The number of imide groups is 1. The molecular weight excluding hydrogens is 539 g/mol. The van der Waals surface area contributed by atoms with Crippen LogP contribution in [0.4, 0.5) is 5.69 Å². The van der Waals surface area contributed by atoms with E-state index in [0.29, 0.717) is 27.8 Å². The zero-order chi connectivity index (χ0) is 28.0. The number of carbonyl (C=O) groups is 2. The molecule has 198 valence electrons. The summed E-state index contributed by atoms with van der Waals surface area (Å²) in [5.74, 6) is -1.40. The van der Waals surface area contributed by atoms with Crippen molar-refractivity contribution in [1.29, 1.82) is 0 Å². The summed E-state index contributed by atoms with van der Waals surface area (Å²) in [5, 5.41) is 19.1. The van der Waals surface area contributed by atoms with E-state index in [9.17, 15) is 14.7 Å². The number of methoxy groups -OCH3 is 1. The number of aryl methyl sites for hydroxylation is 1. The first-order valence-corrected chi connectivity index (χ1v) is 12.9. The molecule has 39 heavy (non-hydrogen) atoms. The van der Waals surface area contributed by atoms with E-state index in [4.69, 9.17) is 27.9 Å². The molecule has 10 heteroatoms. The molecule has 5 rings (SSSR count). The number of aromatic nitrogens is 3. The second-order valence-electron chi connectivity index (χ2n) is 9.39. The number of ether oxygens (including phenoxy) is 1. The number of rotatable bonds is 6. The maximum atomic E-state index is 14.1. The molecule has 0 bridgehead atoms. The van der Waals surface area contributed by atoms with Crippen LogP contribution in [0.3, 0.4) is 0 Å². The van der Waals surface area contributed by atoms with Gasteiger partial charge in [-0.05, 0) is 67.3 Å². The van der Waals surface area contributed by atoms with Gasteiger partial charge in [0.1, 0.15) is 11.3 Å². The van der Waals surface area contributed by atoms with Crippen molar-refractivity contribution in [3.05, 3.63) is 93.9 Å². The normalized spacial score (nSPS) is 13.7. The number of amides is 2. The van der Waals surface area contributed by atoms with Crippen LogP contribution >= 0.6 is 23.2 Å². The van der Waals surface area contributed by atoms with Crippen LogP contribution in [-0.4, -0.2) is 28.7 Å². The highest BCUT2D eigenvalue weighted by atomic mass is 35.5. The topological polar surface area (TPSA) is 91.4 Å². The van der Waals surface area contributed by atoms with Crippen molar-refractivity contribution in [2.24, 2.45) is 0 Å². The van der Waals surface area contributed by atoms with Crippen LogP contribution in [0.5, 0.6) is 11.6 Å². The van der Waals surface area contributed by atoms with Crippen LogP contribution in [-0.2, 0) is 9.59 Å². The van der Waals surface area contributed by atoms with Gasteiger partial charge in [0.15, 0.2) is 12.4 Å². The van der Waals surface area contributed by atoms with E-state index >= 15 is 0 Å². The maximum Gasteiger partial charge on any atom is 0.331 e. The van der Waals surface area contributed by atoms with Crippen molar-refractivity contribution >= 4 is 52.0 Å². The van der Waals surface area contributed by atoms with Gasteiger partial charge < -0.3 is 9.84 Å². The van der Waals surface area contributed by atoms with Crippen LogP contribution in [0.1, 0.15) is 36.6 Å². The summed E-state index contributed by atoms with van der Waals surface area (Å²) in [7, 11) is 1.53. The van der Waals surface area contributed by atoms with Crippen LogP contribution < -0.4 is 19.3 Å². The summed E-state index contributed by atoms with van der Waals surface area (Å²) in [4.78, 5) is 29.1. The van der Waals surface area contributed by atoms with E-state index in [-0.39, 0.29) is 27.8 Å². The highest BCUT2D eigenvalue weighted by molar-refractivity contribution is 6.53. The molecule has 0 saturated carbocycles. The standard InChI is InChI=1S/C29H24Cl2N4O4/c1-16(2)25-23(28(37)35(32-25)19-9-12-21(30)22(31)14-19)24-26(33-13-5-6-17(3)15-33)29(38)34(27(24)36)18-7-10-20(39-4)11-8-18/h5-16H,1-4H3. The Hall–Kier alpha value is -4.14. The molecule has 4 aromatic rings. The number of anilines is 1. The smallest absolute Gasteiger partial charge is 0.331 e. The third-order valence-corrected chi connectivity index (χ3v) is 7.15. The van der Waals surface area contributed by atoms with Gasteiger partial charge in [-0.3, -0.25) is 9.59 Å². The second kappa shape index (κ2) is 10.2. The molecule has 0 radical (unpaired) electrons. The third-order valence-electron chi connectivity index (χ3n) is 6.41. The third kappa shape index (κ3) is 4.56. The zero-order valence-electron chi connectivity index (χ0n) is 21.6. The minimum Gasteiger partial charge on any atom is -0.858 e. The van der Waals surface area contributed by atoms with E-state index in [1.54, 1.807) is 59.4 Å². The van der Waals surface area contributed by atoms with Crippen LogP contribution in [0.2, 0.25) is 10.0 Å². The van der Waals surface area contributed by atoms with Gasteiger partial charge in [0.05, 0.1) is 34.2 Å². The number of halogens is 2. The fourth-order valence-electron chi connectivity index (χ4n) is 4.53. The monoisotopic (exact) mass is 562 g/mol. The van der Waals surface area contributed by atoms with Crippen LogP contribution in [0.15, 0.2) is 67.0 Å². The van der Waals surface area contributed by atoms with E-state index in [2.05, 4.69) is 5.10 Å². The fourth-order valence-corrected chi connectivity index (χ4v) is 4.82. The average Bonchev–Trinajstić information content (AvgIpc) is 3.38. The molecule has 0 unspecified atom stereocenters. The molecule has 2 aromatic carbocycles. The molecule has 3 heterocycles. The summed E-state index contributed by atoms with van der Waals surface area (Å²) < 4.78 is 7.99. The Bertz CT molecular complexity index is 1660. The number of hydrogen-bond donors (Lipinski definition) is 0. The quantitative estimate of drug-likeness (QED) is 0.245. The molecule has 0 spiro atoms. The van der Waals surface area contributed by atoms with E-state index in [1.807, 2.05) is 26.8 Å². The van der Waals surface area contributed by atoms with Crippen molar-refractivity contribution in [2.75, 3.05) is 12.0 Å². The van der Waals surface area contributed by atoms with Gasteiger partial charge in [-0.1, -0.05) is 37.0 Å². The average molecular weight is 563 g/mol. The highest BCUT2D eigenvalue weighted by Crippen LogP contribution is 2.41. The summed E-state index contributed by atoms with van der Waals surface area (Å²) in [6, 6.07) is 14.9. The van der Waals surface area contributed by atoms with Crippen molar-refractivity contribution in [3.63, 3.8) is 0 Å². The molecule has 0 fully saturated rings. The Balaban J connectivity index is 1.77. The first-order valence-electron chi connectivity index (χ1n) is 12.1. The van der Waals surface area contributed by atoms with E-state index in [1.165, 1.54) is 17.9 Å². The number of pyridine rings is 1. The van der Waals surface area contributed by atoms with Gasteiger partial charge in [-0.25, -0.2) is 9.58 Å². The molecule has 0 atom stereocenters. The predicted octanol–water partition coefficient (Wildman–Crippen LogP) is 4.92. The Labute approximate surface area is 235 Å². The highest BCUT2D eigenvalue weighted by Gasteiger charge is 2.47. The maximum absolute atomic E-state index is 14.1. The summed E-state index contributed by atoms with van der Waals surface area (Å²) in [6.07, 6.45) is 3.41. The molecular formula is C29H24Cl2N4O4. The molecule has 0 aliphatic carbocycles. The van der Waals surface area contributed by atoms with Crippen LogP contribution in [0.25, 0.3) is 17.0 Å². The molecule has 2 amide bonds. The fraction of sp³-hybridized carbons (Fsp3) is 0.172. The Morgan fingerprint density at radius 3 is 2.28 bits per heavy atom. The molecule has 2 aromatic heterocycles. The molecule has 0 N–H and O–H groups in total. The summed E-state index contributed by atoms with van der Waals surface area (Å²) in [6.45, 7) is 5.61. The minimum atomic E-state index is -0.623. The second-order valence-corrected chi connectivity index (χ2v) is 10.2. The largest absolute Gasteiger partial charge is 0.858 e. The van der Waals surface area contributed by atoms with Gasteiger partial charge >= 0.3 is 5.91 Å². The summed E-state index contributed by atoms with van der Waals surface area (Å²) >= 11 is 12.3. The van der Waals surface area contributed by atoms with Gasteiger partial charge in [-0.2, -0.15) is 9.67 Å². The number of nitrogens with zero attached hydrogens (tertiary/aromatic N) is 4.